The molecule has 9 heteroatoms. The van der Waals surface area contributed by atoms with Gasteiger partial charge in [0, 0.05) is 38.1 Å². The predicted octanol–water partition coefficient (Wildman–Crippen LogP) is 2.51. The molecule has 2 rings (SSSR count). The molecular formula is C16H29IN4O2S2. The molecule has 6 nitrogen and oxygen atoms in total. The summed E-state index contributed by atoms with van der Waals surface area (Å²) in [5, 5.41) is 6.60. The van der Waals surface area contributed by atoms with Crippen molar-refractivity contribution in [2.24, 2.45) is 10.9 Å². The predicted molar refractivity (Wildman–Crippen MR) is 116 cm³/mol. The van der Waals surface area contributed by atoms with Gasteiger partial charge in [-0.1, -0.05) is 13.8 Å². The Bertz CT molecular complexity index is 653. The molecule has 0 saturated heterocycles. The van der Waals surface area contributed by atoms with Gasteiger partial charge in [-0.25, -0.2) is 8.42 Å². The SMILES string of the molecule is CCN(CC)S(=O)(=O)c1ccc(CCNC(=NC)NCC2CC2)s1.I. The third-order valence-corrected chi connectivity index (χ3v) is 7.74. The van der Waals surface area contributed by atoms with Crippen molar-refractivity contribution in [2.75, 3.05) is 33.2 Å². The van der Waals surface area contributed by atoms with E-state index in [9.17, 15) is 8.42 Å². The number of sulfonamides is 1. The smallest absolute Gasteiger partial charge is 0.252 e. The Hall–Kier alpha value is -0.390. The molecule has 0 radical (unpaired) electrons. The summed E-state index contributed by atoms with van der Waals surface area (Å²) in [5.41, 5.74) is 0. The zero-order valence-electron chi connectivity index (χ0n) is 15.1. The minimum Gasteiger partial charge on any atom is -0.356 e. The zero-order valence-corrected chi connectivity index (χ0v) is 19.1. The Labute approximate surface area is 172 Å². The fourth-order valence-electron chi connectivity index (χ4n) is 2.41. The highest BCUT2D eigenvalue weighted by atomic mass is 127. The molecule has 144 valence electrons. The summed E-state index contributed by atoms with van der Waals surface area (Å²) in [4.78, 5) is 5.27. The molecule has 0 amide bonds. The number of hydrogen-bond donors (Lipinski definition) is 2. The number of nitrogens with one attached hydrogen (secondary N) is 2. The Morgan fingerprint density at radius 3 is 2.52 bits per heavy atom. The van der Waals surface area contributed by atoms with Gasteiger partial charge in [0.15, 0.2) is 5.96 Å². The number of rotatable bonds is 9. The number of guanidine groups is 1. The van der Waals surface area contributed by atoms with Gasteiger partial charge >= 0.3 is 0 Å². The van der Waals surface area contributed by atoms with Crippen molar-refractivity contribution in [3.05, 3.63) is 17.0 Å². The van der Waals surface area contributed by atoms with E-state index < -0.39 is 10.0 Å². The van der Waals surface area contributed by atoms with Crippen molar-refractivity contribution in [1.82, 2.24) is 14.9 Å². The maximum Gasteiger partial charge on any atom is 0.252 e. The summed E-state index contributed by atoms with van der Waals surface area (Å²) < 4.78 is 26.9. The minimum atomic E-state index is -3.34. The van der Waals surface area contributed by atoms with Crippen molar-refractivity contribution in [3.8, 4) is 0 Å². The summed E-state index contributed by atoms with van der Waals surface area (Å²) in [6.45, 7) is 6.42. The molecule has 1 aliphatic carbocycles. The third-order valence-electron chi connectivity index (χ3n) is 4.08. The highest BCUT2D eigenvalue weighted by Gasteiger charge is 2.23. The molecule has 25 heavy (non-hydrogen) atoms. The summed E-state index contributed by atoms with van der Waals surface area (Å²) in [7, 11) is -1.58. The van der Waals surface area contributed by atoms with E-state index in [-0.39, 0.29) is 24.0 Å². The molecule has 1 aromatic rings. The van der Waals surface area contributed by atoms with Crippen LogP contribution in [-0.2, 0) is 16.4 Å². The first kappa shape index (κ1) is 22.7. The van der Waals surface area contributed by atoms with Crippen molar-refractivity contribution in [1.29, 1.82) is 0 Å². The number of hydrogen-bond acceptors (Lipinski definition) is 4. The van der Waals surface area contributed by atoms with Gasteiger partial charge in [-0.3, -0.25) is 4.99 Å². The molecule has 1 fully saturated rings. The largest absolute Gasteiger partial charge is 0.356 e. The van der Waals surface area contributed by atoms with Gasteiger partial charge in [0.1, 0.15) is 4.21 Å². The zero-order chi connectivity index (χ0) is 17.6. The van der Waals surface area contributed by atoms with Gasteiger partial charge in [-0.15, -0.1) is 35.3 Å². The fraction of sp³-hybridized carbons (Fsp3) is 0.688. The summed E-state index contributed by atoms with van der Waals surface area (Å²) in [6, 6.07) is 3.62. The van der Waals surface area contributed by atoms with Gasteiger partial charge < -0.3 is 10.6 Å². The third kappa shape index (κ3) is 6.69. The van der Waals surface area contributed by atoms with Gasteiger partial charge in [0.05, 0.1) is 0 Å². The van der Waals surface area contributed by atoms with E-state index >= 15 is 0 Å². The number of thiophene rings is 1. The molecule has 0 aliphatic heterocycles. The second-order valence-electron chi connectivity index (χ2n) is 5.88. The van der Waals surface area contributed by atoms with Gasteiger partial charge in [0.2, 0.25) is 0 Å². The average Bonchev–Trinajstić information content (AvgIpc) is 3.27. The lowest BCUT2D eigenvalue weighted by atomic mass is 10.3. The number of halogens is 1. The maximum absolute atomic E-state index is 12.5. The molecular weight excluding hydrogens is 471 g/mol. The van der Waals surface area contributed by atoms with Crippen molar-refractivity contribution >= 4 is 51.3 Å². The fourth-order valence-corrected chi connectivity index (χ4v) is 5.38. The van der Waals surface area contributed by atoms with Crippen molar-refractivity contribution in [2.45, 2.75) is 37.3 Å². The molecule has 0 bridgehead atoms. The van der Waals surface area contributed by atoms with Crippen LogP contribution in [-0.4, -0.2) is 51.9 Å². The van der Waals surface area contributed by atoms with E-state index in [0.717, 1.165) is 36.3 Å². The van der Waals surface area contributed by atoms with E-state index in [0.29, 0.717) is 17.3 Å². The Morgan fingerprint density at radius 2 is 1.96 bits per heavy atom. The van der Waals surface area contributed by atoms with E-state index in [1.807, 2.05) is 19.9 Å². The lowest BCUT2D eigenvalue weighted by Crippen LogP contribution is -2.39. The molecule has 1 aromatic heterocycles. The molecule has 0 unspecified atom stereocenters. The molecule has 1 aliphatic rings. The first-order valence-corrected chi connectivity index (χ1v) is 10.8. The Balaban J connectivity index is 0.00000312. The first-order valence-electron chi connectivity index (χ1n) is 8.54. The van der Waals surface area contributed by atoms with Gasteiger partial charge in [0.25, 0.3) is 10.0 Å². The normalized spacial score (nSPS) is 15.1. The van der Waals surface area contributed by atoms with Crippen LogP contribution >= 0.6 is 35.3 Å². The topological polar surface area (TPSA) is 73.8 Å². The maximum atomic E-state index is 12.5. The van der Waals surface area contributed by atoms with Crippen LogP contribution in [0.1, 0.15) is 31.6 Å². The molecule has 1 heterocycles. The molecule has 0 aromatic carbocycles. The van der Waals surface area contributed by atoms with Crippen LogP contribution in [0.15, 0.2) is 21.3 Å². The Kier molecular flexibility index (Phi) is 9.68. The summed E-state index contributed by atoms with van der Waals surface area (Å²) >= 11 is 1.36. The molecule has 1 saturated carbocycles. The lowest BCUT2D eigenvalue weighted by Gasteiger charge is -2.16. The van der Waals surface area contributed by atoms with Crippen LogP contribution in [0.25, 0.3) is 0 Å². The average molecular weight is 500 g/mol. The minimum absolute atomic E-state index is 0. The Morgan fingerprint density at radius 1 is 1.28 bits per heavy atom. The second kappa shape index (κ2) is 10.7. The highest BCUT2D eigenvalue weighted by Crippen LogP contribution is 2.27. The van der Waals surface area contributed by atoms with Crippen molar-refractivity contribution in [3.63, 3.8) is 0 Å². The summed E-state index contributed by atoms with van der Waals surface area (Å²) in [5.74, 6) is 1.61. The monoisotopic (exact) mass is 500 g/mol. The van der Waals surface area contributed by atoms with E-state index in [4.69, 9.17) is 0 Å². The van der Waals surface area contributed by atoms with Crippen LogP contribution in [0.3, 0.4) is 0 Å². The van der Waals surface area contributed by atoms with E-state index in [2.05, 4.69) is 15.6 Å². The lowest BCUT2D eigenvalue weighted by molar-refractivity contribution is 0.447. The number of aliphatic imine (C=N–C) groups is 1. The standard InChI is InChI=1S/C16H28N4O2S2.HI/c1-4-20(5-2)24(21,22)15-9-8-14(23-15)10-11-18-16(17-3)19-12-13-6-7-13;/h8-9,13H,4-7,10-12H2,1-3H3,(H2,17,18,19);1H. The molecule has 0 atom stereocenters. The van der Waals surface area contributed by atoms with E-state index in [1.165, 1.54) is 28.5 Å². The van der Waals surface area contributed by atoms with Gasteiger partial charge in [-0.2, -0.15) is 4.31 Å². The van der Waals surface area contributed by atoms with Crippen LogP contribution < -0.4 is 10.6 Å². The first-order chi connectivity index (χ1) is 11.5. The van der Waals surface area contributed by atoms with Crippen LogP contribution in [0, 0.1) is 5.92 Å². The van der Waals surface area contributed by atoms with Crippen LogP contribution in [0.5, 0.6) is 0 Å². The van der Waals surface area contributed by atoms with Crippen LogP contribution in [0.2, 0.25) is 0 Å². The summed E-state index contributed by atoms with van der Waals surface area (Å²) in [6.07, 6.45) is 3.40. The number of nitrogens with zero attached hydrogens (tertiary/aromatic N) is 2. The van der Waals surface area contributed by atoms with Gasteiger partial charge in [-0.05, 0) is 37.3 Å². The van der Waals surface area contributed by atoms with Crippen LogP contribution in [0.4, 0.5) is 0 Å². The molecule has 2 N–H and O–H groups in total. The second-order valence-corrected chi connectivity index (χ2v) is 9.22. The van der Waals surface area contributed by atoms with Crippen molar-refractivity contribution < 1.29 is 8.42 Å². The quantitative estimate of drug-likeness (QED) is 0.311. The highest BCUT2D eigenvalue weighted by molar-refractivity contribution is 14.0. The van der Waals surface area contributed by atoms with E-state index in [1.54, 1.807) is 13.1 Å². The molecule has 0 spiro atoms.